The van der Waals surface area contributed by atoms with Gasteiger partial charge in [-0.2, -0.15) is 0 Å². The van der Waals surface area contributed by atoms with Gasteiger partial charge in [-0.25, -0.2) is 0 Å². The Kier molecular flexibility index (Phi) is 6.56. The molecule has 0 atom stereocenters. The normalized spacial score (nSPS) is 13.4. The van der Waals surface area contributed by atoms with Crippen LogP contribution in [-0.4, -0.2) is 40.1 Å². The highest BCUT2D eigenvalue weighted by Crippen LogP contribution is 2.27. The van der Waals surface area contributed by atoms with Crippen molar-refractivity contribution in [3.63, 3.8) is 0 Å². The Morgan fingerprint density at radius 1 is 1.07 bits per heavy atom. The Morgan fingerprint density at radius 2 is 1.81 bits per heavy atom. The van der Waals surface area contributed by atoms with Crippen molar-refractivity contribution in [2.24, 2.45) is 0 Å². The molecule has 1 heterocycles. The largest absolute Gasteiger partial charge is 0.464 e. The highest BCUT2D eigenvalue weighted by Gasteiger charge is 2.34. The quantitative estimate of drug-likeness (QED) is 0.615. The number of amides is 2. The summed E-state index contributed by atoms with van der Waals surface area (Å²) in [4.78, 5) is 28.9. The third-order valence-corrected chi connectivity index (χ3v) is 4.82. The number of hydrogen-bond donors (Lipinski definition) is 0. The fourth-order valence-electron chi connectivity index (χ4n) is 3.07. The zero-order chi connectivity index (χ0) is 19.2. The van der Waals surface area contributed by atoms with Crippen LogP contribution < -0.4 is 0 Å². The van der Waals surface area contributed by atoms with E-state index in [4.69, 9.17) is 16.0 Å². The molecule has 0 N–H and O–H groups in total. The van der Waals surface area contributed by atoms with E-state index < -0.39 is 0 Å². The second-order valence-electron chi connectivity index (χ2n) is 6.94. The maximum absolute atomic E-state index is 13.1. The lowest BCUT2D eigenvalue weighted by atomic mass is 10.2. The number of carbonyl (C=O) groups excluding carboxylic acids is 2. The van der Waals surface area contributed by atoms with Gasteiger partial charge in [-0.05, 0) is 37.5 Å². The molecular formula is C21H25ClN2O3. The molecule has 1 saturated carbocycles. The molecule has 1 aliphatic carbocycles. The number of rotatable bonds is 9. The summed E-state index contributed by atoms with van der Waals surface area (Å²) in [5, 5.41) is 0. The highest BCUT2D eigenvalue weighted by molar-refractivity contribution is 6.18. The molecule has 2 aromatic rings. The van der Waals surface area contributed by atoms with E-state index in [1.54, 1.807) is 9.80 Å². The molecule has 144 valence electrons. The summed E-state index contributed by atoms with van der Waals surface area (Å²) in [6.07, 6.45) is 2.18. The maximum Gasteiger partial charge on any atom is 0.242 e. The van der Waals surface area contributed by atoms with Gasteiger partial charge in [0.2, 0.25) is 11.8 Å². The average Bonchev–Trinajstić information content (AvgIpc) is 3.42. The number of hydrogen-bond acceptors (Lipinski definition) is 3. The SMILES string of the molecule is Cc1ccc(CN(Cc2ccccc2)C(=O)CN(C(=O)CCCl)C2CC2)o1. The van der Waals surface area contributed by atoms with Crippen LogP contribution >= 0.6 is 11.6 Å². The first-order chi connectivity index (χ1) is 13.1. The van der Waals surface area contributed by atoms with Crippen LogP contribution in [0.25, 0.3) is 0 Å². The van der Waals surface area contributed by atoms with Gasteiger partial charge in [-0.3, -0.25) is 9.59 Å². The second-order valence-corrected chi connectivity index (χ2v) is 7.32. The van der Waals surface area contributed by atoms with Crippen LogP contribution in [0.4, 0.5) is 0 Å². The van der Waals surface area contributed by atoms with E-state index >= 15 is 0 Å². The number of alkyl halides is 1. The summed E-state index contributed by atoms with van der Waals surface area (Å²) >= 11 is 5.73. The molecule has 5 nitrogen and oxygen atoms in total. The predicted molar refractivity (Wildman–Crippen MR) is 104 cm³/mol. The molecule has 0 bridgehead atoms. The molecule has 0 spiro atoms. The summed E-state index contributed by atoms with van der Waals surface area (Å²) < 4.78 is 5.66. The van der Waals surface area contributed by atoms with Crippen LogP contribution in [0.2, 0.25) is 0 Å². The minimum absolute atomic E-state index is 0.0469. The summed E-state index contributed by atoms with van der Waals surface area (Å²) in [5.41, 5.74) is 1.04. The predicted octanol–water partition coefficient (Wildman–Crippen LogP) is 3.74. The van der Waals surface area contributed by atoms with Crippen LogP contribution in [0.15, 0.2) is 46.9 Å². The lowest BCUT2D eigenvalue weighted by Gasteiger charge is -2.27. The summed E-state index contributed by atoms with van der Waals surface area (Å²) in [5.74, 6) is 1.70. The van der Waals surface area contributed by atoms with Crippen molar-refractivity contribution in [3.8, 4) is 0 Å². The van der Waals surface area contributed by atoms with Crippen LogP contribution in [0, 0.1) is 6.92 Å². The monoisotopic (exact) mass is 388 g/mol. The van der Waals surface area contributed by atoms with E-state index in [9.17, 15) is 9.59 Å². The topological polar surface area (TPSA) is 53.8 Å². The fourth-order valence-corrected chi connectivity index (χ4v) is 3.23. The Hall–Kier alpha value is -2.27. The van der Waals surface area contributed by atoms with E-state index in [2.05, 4.69) is 0 Å². The van der Waals surface area contributed by atoms with Gasteiger partial charge in [-0.15, -0.1) is 11.6 Å². The molecule has 1 aromatic heterocycles. The minimum Gasteiger partial charge on any atom is -0.464 e. The standard InChI is InChI=1S/C21H25ClN2O3/c1-16-7-10-19(27-16)14-23(13-17-5-3-2-4-6-17)21(26)15-24(18-8-9-18)20(25)11-12-22/h2-7,10,18H,8-9,11-15H2,1H3. The van der Waals surface area contributed by atoms with E-state index in [-0.39, 0.29) is 36.7 Å². The summed E-state index contributed by atoms with van der Waals surface area (Å²) in [7, 11) is 0. The number of furan rings is 1. The van der Waals surface area contributed by atoms with Crippen molar-refractivity contribution in [3.05, 3.63) is 59.5 Å². The van der Waals surface area contributed by atoms with Crippen molar-refractivity contribution >= 4 is 23.4 Å². The molecule has 0 radical (unpaired) electrons. The van der Waals surface area contributed by atoms with Gasteiger partial charge < -0.3 is 14.2 Å². The molecule has 27 heavy (non-hydrogen) atoms. The molecule has 2 amide bonds. The number of nitrogens with zero attached hydrogens (tertiary/aromatic N) is 2. The number of benzene rings is 1. The minimum atomic E-state index is -0.0808. The second kappa shape index (κ2) is 9.09. The Labute approximate surface area is 164 Å². The number of aryl methyl sites for hydroxylation is 1. The molecule has 1 fully saturated rings. The third kappa shape index (κ3) is 5.60. The van der Waals surface area contributed by atoms with E-state index in [0.29, 0.717) is 13.1 Å². The van der Waals surface area contributed by atoms with Crippen LogP contribution in [0.3, 0.4) is 0 Å². The molecule has 1 aromatic carbocycles. The molecule has 0 aliphatic heterocycles. The van der Waals surface area contributed by atoms with Gasteiger partial charge >= 0.3 is 0 Å². The highest BCUT2D eigenvalue weighted by atomic mass is 35.5. The van der Waals surface area contributed by atoms with Crippen molar-refractivity contribution in [2.45, 2.75) is 45.3 Å². The van der Waals surface area contributed by atoms with Crippen LogP contribution in [0.1, 0.15) is 36.3 Å². The van der Waals surface area contributed by atoms with Crippen LogP contribution in [0.5, 0.6) is 0 Å². The zero-order valence-corrected chi connectivity index (χ0v) is 16.3. The first kappa shape index (κ1) is 19.5. The Bertz CT molecular complexity index is 771. The van der Waals surface area contributed by atoms with Crippen molar-refractivity contribution in [1.82, 2.24) is 9.80 Å². The van der Waals surface area contributed by atoms with Gasteiger partial charge in [0.05, 0.1) is 6.54 Å². The average molecular weight is 389 g/mol. The molecule has 1 aliphatic rings. The van der Waals surface area contributed by atoms with Gasteiger partial charge in [0, 0.05) is 24.9 Å². The molecule has 0 saturated heterocycles. The van der Waals surface area contributed by atoms with E-state index in [1.807, 2.05) is 49.4 Å². The summed E-state index contributed by atoms with van der Waals surface area (Å²) in [6.45, 7) is 2.82. The van der Waals surface area contributed by atoms with E-state index in [0.717, 1.165) is 29.9 Å². The van der Waals surface area contributed by atoms with Gasteiger partial charge in [0.1, 0.15) is 18.1 Å². The van der Waals surface area contributed by atoms with Crippen molar-refractivity contribution in [1.29, 1.82) is 0 Å². The molecule has 0 unspecified atom stereocenters. The molecule has 3 rings (SSSR count). The Morgan fingerprint density at radius 3 is 2.41 bits per heavy atom. The third-order valence-electron chi connectivity index (χ3n) is 4.63. The number of halogens is 1. The lowest BCUT2D eigenvalue weighted by molar-refractivity contribution is -0.141. The van der Waals surface area contributed by atoms with Crippen LogP contribution in [-0.2, 0) is 22.7 Å². The molecular weight excluding hydrogens is 364 g/mol. The lowest BCUT2D eigenvalue weighted by Crippen LogP contribution is -2.43. The smallest absolute Gasteiger partial charge is 0.242 e. The van der Waals surface area contributed by atoms with Crippen molar-refractivity contribution < 1.29 is 14.0 Å². The van der Waals surface area contributed by atoms with Gasteiger partial charge in [-0.1, -0.05) is 30.3 Å². The first-order valence-corrected chi connectivity index (χ1v) is 9.82. The van der Waals surface area contributed by atoms with Gasteiger partial charge in [0.25, 0.3) is 0 Å². The zero-order valence-electron chi connectivity index (χ0n) is 15.6. The van der Waals surface area contributed by atoms with E-state index in [1.165, 1.54) is 0 Å². The summed E-state index contributed by atoms with van der Waals surface area (Å²) in [6, 6.07) is 13.8. The maximum atomic E-state index is 13.1. The fraction of sp³-hybridized carbons (Fsp3) is 0.429. The van der Waals surface area contributed by atoms with Gasteiger partial charge in [0.15, 0.2) is 0 Å². The Balaban J connectivity index is 1.73. The number of carbonyl (C=O) groups is 2. The van der Waals surface area contributed by atoms with Crippen molar-refractivity contribution in [2.75, 3.05) is 12.4 Å². The first-order valence-electron chi connectivity index (χ1n) is 9.29. The molecule has 6 heteroatoms.